The summed E-state index contributed by atoms with van der Waals surface area (Å²) < 4.78 is 0. The molecule has 1 aromatic rings. The molecule has 0 unspecified atom stereocenters. The number of nitrogens with zero attached hydrogens (tertiary/aromatic N) is 1. The largest absolute Gasteiger partial charge is 0.363 e. The Labute approximate surface area is 117 Å². The van der Waals surface area contributed by atoms with Crippen LogP contribution in [0.4, 0.5) is 0 Å². The summed E-state index contributed by atoms with van der Waals surface area (Å²) in [7, 11) is 0. The normalized spacial score (nSPS) is 15.7. The highest BCUT2D eigenvalue weighted by Gasteiger charge is 2.33. The molecular weight excluding hydrogens is 258 g/mol. The van der Waals surface area contributed by atoms with E-state index in [1.54, 1.807) is 12.1 Å². The molecule has 106 valence electrons. The van der Waals surface area contributed by atoms with Gasteiger partial charge in [-0.3, -0.25) is 9.59 Å². The smallest absolute Gasteiger partial charge is 0.325 e. The van der Waals surface area contributed by atoms with Gasteiger partial charge in [0.25, 0.3) is 11.8 Å². The maximum Gasteiger partial charge on any atom is 0.363 e. The minimum atomic E-state index is -0.700. The molecule has 1 aliphatic heterocycles. The second kappa shape index (κ2) is 5.07. The van der Waals surface area contributed by atoms with Crippen molar-refractivity contribution in [2.75, 3.05) is 0 Å². The fourth-order valence-corrected chi connectivity index (χ4v) is 1.90. The third-order valence-electron chi connectivity index (χ3n) is 3.17. The SMILES string of the molecule is CC(C)(C)c1ccc(C(=O)ON2C(=O)CCC2=O)cc1. The number of hydroxylamine groups is 2. The van der Waals surface area contributed by atoms with E-state index in [4.69, 9.17) is 4.84 Å². The molecule has 5 heteroatoms. The van der Waals surface area contributed by atoms with Crippen LogP contribution < -0.4 is 0 Å². The molecule has 1 saturated heterocycles. The fourth-order valence-electron chi connectivity index (χ4n) is 1.90. The molecule has 1 aliphatic rings. The van der Waals surface area contributed by atoms with Crippen molar-refractivity contribution in [2.45, 2.75) is 39.0 Å². The Bertz CT molecular complexity index is 538. The standard InChI is InChI=1S/C15H17NO4/c1-15(2,3)11-6-4-10(5-7-11)14(19)20-16-12(17)8-9-13(16)18/h4-7H,8-9H2,1-3H3. The van der Waals surface area contributed by atoms with Gasteiger partial charge in [-0.15, -0.1) is 5.06 Å². The van der Waals surface area contributed by atoms with Crippen molar-refractivity contribution in [1.29, 1.82) is 0 Å². The Kier molecular flexibility index (Phi) is 3.61. The Balaban J connectivity index is 2.10. The average molecular weight is 275 g/mol. The molecule has 1 aromatic carbocycles. The van der Waals surface area contributed by atoms with Crippen molar-refractivity contribution in [3.8, 4) is 0 Å². The molecule has 0 bridgehead atoms. The van der Waals surface area contributed by atoms with E-state index in [0.29, 0.717) is 10.6 Å². The molecule has 5 nitrogen and oxygen atoms in total. The van der Waals surface area contributed by atoms with Gasteiger partial charge < -0.3 is 4.84 Å². The zero-order valence-electron chi connectivity index (χ0n) is 11.8. The van der Waals surface area contributed by atoms with E-state index in [0.717, 1.165) is 5.56 Å². The van der Waals surface area contributed by atoms with E-state index in [1.165, 1.54) is 0 Å². The van der Waals surface area contributed by atoms with E-state index >= 15 is 0 Å². The summed E-state index contributed by atoms with van der Waals surface area (Å²) in [5.41, 5.74) is 1.39. The van der Waals surface area contributed by atoms with Crippen molar-refractivity contribution in [3.05, 3.63) is 35.4 Å². The molecule has 0 atom stereocenters. The Morgan fingerprint density at radius 2 is 1.55 bits per heavy atom. The number of benzene rings is 1. The third kappa shape index (κ3) is 2.87. The van der Waals surface area contributed by atoms with Gasteiger partial charge in [-0.2, -0.15) is 0 Å². The van der Waals surface area contributed by atoms with Gasteiger partial charge in [0.1, 0.15) is 0 Å². The number of carbonyl (C=O) groups excluding carboxylic acids is 3. The first-order valence-corrected chi connectivity index (χ1v) is 6.47. The molecule has 0 aromatic heterocycles. The number of hydrogen-bond donors (Lipinski definition) is 0. The van der Waals surface area contributed by atoms with Gasteiger partial charge in [0.15, 0.2) is 0 Å². The minimum Gasteiger partial charge on any atom is -0.325 e. The lowest BCUT2D eigenvalue weighted by Crippen LogP contribution is -2.32. The minimum absolute atomic E-state index is 0.0106. The first kappa shape index (κ1) is 14.2. The summed E-state index contributed by atoms with van der Waals surface area (Å²) in [5, 5.41) is 0.556. The van der Waals surface area contributed by atoms with Crippen LogP contribution in [0, 0.1) is 0 Å². The number of rotatable bonds is 2. The first-order valence-electron chi connectivity index (χ1n) is 6.47. The van der Waals surface area contributed by atoms with Crippen molar-refractivity contribution in [3.63, 3.8) is 0 Å². The average Bonchev–Trinajstić information content (AvgIpc) is 2.69. The van der Waals surface area contributed by atoms with Crippen molar-refractivity contribution >= 4 is 17.8 Å². The topological polar surface area (TPSA) is 63.7 Å². The van der Waals surface area contributed by atoms with Gasteiger partial charge in [-0.1, -0.05) is 32.9 Å². The van der Waals surface area contributed by atoms with Gasteiger partial charge in [-0.25, -0.2) is 4.79 Å². The van der Waals surface area contributed by atoms with Crippen LogP contribution in [0.3, 0.4) is 0 Å². The maximum atomic E-state index is 11.9. The summed E-state index contributed by atoms with van der Waals surface area (Å²) in [6.07, 6.45) is 0.185. The highest BCUT2D eigenvalue weighted by molar-refractivity contribution is 6.02. The van der Waals surface area contributed by atoms with Gasteiger partial charge >= 0.3 is 5.97 Å². The summed E-state index contributed by atoms with van der Waals surface area (Å²) in [4.78, 5) is 39.5. The van der Waals surface area contributed by atoms with Crippen LogP contribution in [0.5, 0.6) is 0 Å². The van der Waals surface area contributed by atoms with E-state index in [-0.39, 0.29) is 18.3 Å². The van der Waals surface area contributed by atoms with E-state index in [2.05, 4.69) is 20.8 Å². The quantitative estimate of drug-likeness (QED) is 0.776. The lowest BCUT2D eigenvalue weighted by Gasteiger charge is -2.19. The van der Waals surface area contributed by atoms with Crippen LogP contribution in [0.15, 0.2) is 24.3 Å². The predicted octanol–water partition coefficient (Wildman–Crippen LogP) is 2.20. The molecule has 20 heavy (non-hydrogen) atoms. The number of amides is 2. The van der Waals surface area contributed by atoms with E-state index < -0.39 is 17.8 Å². The molecule has 0 radical (unpaired) electrons. The maximum absolute atomic E-state index is 11.9. The number of carbonyl (C=O) groups is 3. The zero-order chi connectivity index (χ0) is 14.9. The fraction of sp³-hybridized carbons (Fsp3) is 0.400. The molecule has 2 amide bonds. The second-order valence-electron chi connectivity index (χ2n) is 5.79. The molecule has 2 rings (SSSR count). The van der Waals surface area contributed by atoms with Gasteiger partial charge in [-0.05, 0) is 23.1 Å². The molecule has 1 fully saturated rings. The van der Waals surface area contributed by atoms with Crippen LogP contribution in [-0.2, 0) is 19.8 Å². The first-order chi connectivity index (χ1) is 9.29. The predicted molar refractivity (Wildman–Crippen MR) is 71.6 cm³/mol. The number of hydrogen-bond acceptors (Lipinski definition) is 4. The second-order valence-corrected chi connectivity index (χ2v) is 5.79. The number of imide groups is 1. The molecule has 0 saturated carbocycles. The van der Waals surface area contributed by atoms with Crippen molar-refractivity contribution in [1.82, 2.24) is 5.06 Å². The van der Waals surface area contributed by atoms with Crippen LogP contribution in [0.2, 0.25) is 0 Å². The van der Waals surface area contributed by atoms with Crippen molar-refractivity contribution < 1.29 is 19.2 Å². The highest BCUT2D eigenvalue weighted by atomic mass is 16.7. The van der Waals surface area contributed by atoms with E-state index in [9.17, 15) is 14.4 Å². The highest BCUT2D eigenvalue weighted by Crippen LogP contribution is 2.22. The van der Waals surface area contributed by atoms with Crippen LogP contribution in [-0.4, -0.2) is 22.8 Å². The van der Waals surface area contributed by atoms with E-state index in [1.807, 2.05) is 12.1 Å². The van der Waals surface area contributed by atoms with Gasteiger partial charge in [0.05, 0.1) is 5.56 Å². The lowest BCUT2D eigenvalue weighted by atomic mass is 9.87. The van der Waals surface area contributed by atoms with Gasteiger partial charge in [0.2, 0.25) is 0 Å². The van der Waals surface area contributed by atoms with Crippen molar-refractivity contribution in [2.24, 2.45) is 0 Å². The molecule has 0 N–H and O–H groups in total. The molecule has 0 spiro atoms. The molecular formula is C15H17NO4. The summed E-state index contributed by atoms with van der Waals surface area (Å²) >= 11 is 0. The molecule has 1 heterocycles. The third-order valence-corrected chi connectivity index (χ3v) is 3.17. The van der Waals surface area contributed by atoms with Crippen LogP contribution >= 0.6 is 0 Å². The Hall–Kier alpha value is -2.17. The Morgan fingerprint density at radius 3 is 2.00 bits per heavy atom. The summed E-state index contributed by atoms with van der Waals surface area (Å²) in [6, 6.07) is 6.94. The zero-order valence-corrected chi connectivity index (χ0v) is 11.8. The van der Waals surface area contributed by atoms with Crippen LogP contribution in [0.25, 0.3) is 0 Å². The summed E-state index contributed by atoms with van der Waals surface area (Å²) in [6.45, 7) is 6.21. The lowest BCUT2D eigenvalue weighted by molar-refractivity contribution is -0.172. The Morgan fingerprint density at radius 1 is 1.05 bits per heavy atom. The van der Waals surface area contributed by atoms with Crippen LogP contribution in [0.1, 0.15) is 49.5 Å². The monoisotopic (exact) mass is 275 g/mol. The summed E-state index contributed by atoms with van der Waals surface area (Å²) in [5.74, 6) is -1.65. The van der Waals surface area contributed by atoms with Gasteiger partial charge in [0, 0.05) is 12.8 Å². The molecule has 0 aliphatic carbocycles.